The quantitative estimate of drug-likeness (QED) is 0.683. The van der Waals surface area contributed by atoms with Crippen LogP contribution in [-0.2, 0) is 7.05 Å². The van der Waals surface area contributed by atoms with Gasteiger partial charge in [0.15, 0.2) is 5.52 Å². The third kappa shape index (κ3) is 1.82. The van der Waals surface area contributed by atoms with Crippen molar-refractivity contribution in [1.82, 2.24) is 19.3 Å². The van der Waals surface area contributed by atoms with Crippen molar-refractivity contribution in [1.29, 1.82) is 0 Å². The number of aryl methyl sites for hydroxylation is 2. The molecule has 0 bridgehead atoms. The molecule has 0 aliphatic heterocycles. The zero-order chi connectivity index (χ0) is 13.6. The first-order valence-electron chi connectivity index (χ1n) is 5.75. The lowest BCUT2D eigenvalue weighted by Gasteiger charge is -2.04. The average Bonchev–Trinajstić information content (AvgIpc) is 2.69. The standard InChI is InChI=1S/C13H11ClN4O/c1-8-11-12(16-17(8)2)13(19)18(7-15-11)10-5-3-9(14)4-6-10/h3-7H,1-2H3. The fraction of sp³-hybridized carbons (Fsp3) is 0.154. The van der Waals surface area contributed by atoms with Gasteiger partial charge in [-0.15, -0.1) is 0 Å². The van der Waals surface area contributed by atoms with Crippen LogP contribution in [0.2, 0.25) is 5.02 Å². The highest BCUT2D eigenvalue weighted by Crippen LogP contribution is 2.14. The fourth-order valence-electron chi connectivity index (χ4n) is 1.96. The lowest BCUT2D eigenvalue weighted by molar-refractivity contribution is 0.749. The van der Waals surface area contributed by atoms with E-state index < -0.39 is 0 Å². The van der Waals surface area contributed by atoms with Gasteiger partial charge in [-0.1, -0.05) is 11.6 Å². The van der Waals surface area contributed by atoms with Crippen LogP contribution in [0.4, 0.5) is 0 Å². The van der Waals surface area contributed by atoms with Crippen molar-refractivity contribution in [2.24, 2.45) is 7.05 Å². The fourth-order valence-corrected chi connectivity index (χ4v) is 2.09. The molecule has 0 atom stereocenters. The molecule has 5 nitrogen and oxygen atoms in total. The number of halogens is 1. The van der Waals surface area contributed by atoms with E-state index in [4.69, 9.17) is 11.6 Å². The summed E-state index contributed by atoms with van der Waals surface area (Å²) in [5.41, 5.74) is 2.41. The molecule has 0 aliphatic rings. The van der Waals surface area contributed by atoms with Gasteiger partial charge in [-0.2, -0.15) is 5.10 Å². The van der Waals surface area contributed by atoms with Crippen molar-refractivity contribution in [3.63, 3.8) is 0 Å². The summed E-state index contributed by atoms with van der Waals surface area (Å²) in [6.07, 6.45) is 1.52. The molecule has 0 saturated heterocycles. The van der Waals surface area contributed by atoms with Crippen molar-refractivity contribution < 1.29 is 0 Å². The van der Waals surface area contributed by atoms with E-state index in [0.717, 1.165) is 5.69 Å². The molecular formula is C13H11ClN4O. The lowest BCUT2D eigenvalue weighted by atomic mass is 10.3. The SMILES string of the molecule is Cc1c2ncn(-c3ccc(Cl)cc3)c(=O)c2nn1C. The molecule has 0 radical (unpaired) electrons. The third-order valence-electron chi connectivity index (χ3n) is 3.13. The molecule has 6 heteroatoms. The molecule has 0 aliphatic carbocycles. The Morgan fingerprint density at radius 3 is 2.53 bits per heavy atom. The van der Waals surface area contributed by atoms with Crippen molar-refractivity contribution in [3.05, 3.63) is 51.7 Å². The van der Waals surface area contributed by atoms with Crippen LogP contribution >= 0.6 is 11.6 Å². The maximum atomic E-state index is 12.4. The molecule has 0 unspecified atom stereocenters. The number of benzene rings is 1. The van der Waals surface area contributed by atoms with Gasteiger partial charge >= 0.3 is 0 Å². The first-order valence-corrected chi connectivity index (χ1v) is 6.12. The molecule has 1 aromatic carbocycles. The first-order chi connectivity index (χ1) is 9.08. The van der Waals surface area contributed by atoms with Crippen LogP contribution in [0.5, 0.6) is 0 Å². The van der Waals surface area contributed by atoms with E-state index in [1.165, 1.54) is 10.9 Å². The van der Waals surface area contributed by atoms with Gasteiger partial charge in [-0.05, 0) is 31.2 Å². The van der Waals surface area contributed by atoms with Crippen LogP contribution in [-0.4, -0.2) is 19.3 Å². The van der Waals surface area contributed by atoms with E-state index in [-0.39, 0.29) is 5.56 Å². The zero-order valence-electron chi connectivity index (χ0n) is 10.5. The summed E-state index contributed by atoms with van der Waals surface area (Å²) in [6, 6.07) is 7.01. The number of fused-ring (bicyclic) bond motifs is 1. The Morgan fingerprint density at radius 2 is 1.84 bits per heavy atom. The molecule has 3 rings (SSSR count). The van der Waals surface area contributed by atoms with E-state index in [2.05, 4.69) is 10.1 Å². The number of hydrogen-bond donors (Lipinski definition) is 0. The summed E-state index contributed by atoms with van der Waals surface area (Å²) in [4.78, 5) is 16.7. The predicted molar refractivity (Wildman–Crippen MR) is 73.9 cm³/mol. The van der Waals surface area contributed by atoms with Gasteiger partial charge in [-0.25, -0.2) is 4.98 Å². The van der Waals surface area contributed by atoms with Crippen LogP contribution in [0.15, 0.2) is 35.4 Å². The van der Waals surface area contributed by atoms with Crippen molar-refractivity contribution in [2.45, 2.75) is 6.92 Å². The Balaban J connectivity index is 2.29. The second kappa shape index (κ2) is 4.20. The highest BCUT2D eigenvalue weighted by molar-refractivity contribution is 6.30. The minimum absolute atomic E-state index is 0.184. The molecule has 2 aromatic heterocycles. The molecule has 0 saturated carbocycles. The molecule has 19 heavy (non-hydrogen) atoms. The molecule has 0 spiro atoms. The molecule has 0 amide bonds. The van der Waals surface area contributed by atoms with E-state index in [9.17, 15) is 4.79 Å². The van der Waals surface area contributed by atoms with Gasteiger partial charge in [0.25, 0.3) is 5.56 Å². The maximum absolute atomic E-state index is 12.4. The Hall–Kier alpha value is -2.14. The second-order valence-electron chi connectivity index (χ2n) is 4.30. The number of hydrogen-bond acceptors (Lipinski definition) is 3. The summed E-state index contributed by atoms with van der Waals surface area (Å²) in [6.45, 7) is 1.88. The molecular weight excluding hydrogens is 264 g/mol. The Bertz CT molecular complexity index is 817. The van der Waals surface area contributed by atoms with Gasteiger partial charge in [0.2, 0.25) is 0 Å². The van der Waals surface area contributed by atoms with Crippen molar-refractivity contribution in [2.75, 3.05) is 0 Å². The molecule has 2 heterocycles. The number of nitrogens with zero attached hydrogens (tertiary/aromatic N) is 4. The van der Waals surface area contributed by atoms with Crippen molar-refractivity contribution >= 4 is 22.6 Å². The van der Waals surface area contributed by atoms with Crippen LogP contribution < -0.4 is 5.56 Å². The van der Waals surface area contributed by atoms with Gasteiger partial charge < -0.3 is 0 Å². The number of rotatable bonds is 1. The maximum Gasteiger partial charge on any atom is 0.286 e. The summed E-state index contributed by atoms with van der Waals surface area (Å²) in [7, 11) is 1.79. The average molecular weight is 275 g/mol. The topological polar surface area (TPSA) is 52.7 Å². The normalized spacial score (nSPS) is 11.1. The monoisotopic (exact) mass is 274 g/mol. The van der Waals surface area contributed by atoms with Crippen molar-refractivity contribution in [3.8, 4) is 5.69 Å². The van der Waals surface area contributed by atoms with E-state index in [1.807, 2.05) is 6.92 Å². The Labute approximate surface area is 114 Å². The van der Waals surface area contributed by atoms with E-state index >= 15 is 0 Å². The first kappa shape index (κ1) is 11.9. The molecule has 0 N–H and O–H groups in total. The highest BCUT2D eigenvalue weighted by Gasteiger charge is 2.12. The Kier molecular flexibility index (Phi) is 2.64. The minimum Gasteiger partial charge on any atom is -0.270 e. The van der Waals surface area contributed by atoms with Gasteiger partial charge in [0.05, 0.1) is 11.4 Å². The van der Waals surface area contributed by atoms with Crippen LogP contribution in [0, 0.1) is 6.92 Å². The van der Waals surface area contributed by atoms with E-state index in [0.29, 0.717) is 21.7 Å². The molecule has 3 aromatic rings. The minimum atomic E-state index is -0.184. The zero-order valence-corrected chi connectivity index (χ0v) is 11.2. The second-order valence-corrected chi connectivity index (χ2v) is 4.74. The van der Waals surface area contributed by atoms with Crippen LogP contribution in [0.25, 0.3) is 16.7 Å². The summed E-state index contributed by atoms with van der Waals surface area (Å²) >= 11 is 5.84. The smallest absolute Gasteiger partial charge is 0.270 e. The van der Waals surface area contributed by atoms with E-state index in [1.54, 1.807) is 36.0 Å². The van der Waals surface area contributed by atoms with Gasteiger partial charge in [0, 0.05) is 12.1 Å². The van der Waals surface area contributed by atoms with Crippen LogP contribution in [0.3, 0.4) is 0 Å². The highest BCUT2D eigenvalue weighted by atomic mass is 35.5. The number of aromatic nitrogens is 4. The van der Waals surface area contributed by atoms with Gasteiger partial charge in [0.1, 0.15) is 11.8 Å². The Morgan fingerprint density at radius 1 is 1.16 bits per heavy atom. The lowest BCUT2D eigenvalue weighted by Crippen LogP contribution is -2.18. The van der Waals surface area contributed by atoms with Crippen LogP contribution in [0.1, 0.15) is 5.69 Å². The summed E-state index contributed by atoms with van der Waals surface area (Å²) < 4.78 is 3.12. The molecule has 96 valence electrons. The summed E-state index contributed by atoms with van der Waals surface area (Å²) in [5, 5.41) is 4.84. The predicted octanol–water partition coefficient (Wildman–Crippen LogP) is 2.08. The largest absolute Gasteiger partial charge is 0.286 e. The third-order valence-corrected chi connectivity index (χ3v) is 3.38. The summed E-state index contributed by atoms with van der Waals surface area (Å²) in [5.74, 6) is 0. The molecule has 0 fully saturated rings. The van der Waals surface area contributed by atoms with Gasteiger partial charge in [-0.3, -0.25) is 14.0 Å².